The van der Waals surface area contributed by atoms with Crippen molar-refractivity contribution in [2.24, 2.45) is 10.9 Å². The number of piperazine rings is 1. The highest BCUT2D eigenvalue weighted by atomic mass is 19.1. The van der Waals surface area contributed by atoms with Crippen LogP contribution in [0.1, 0.15) is 120 Å². The first-order valence-electron chi connectivity index (χ1n) is 17.0. The lowest BCUT2D eigenvalue weighted by atomic mass is 9.81. The summed E-state index contributed by atoms with van der Waals surface area (Å²) in [5, 5.41) is 0. The van der Waals surface area contributed by atoms with Gasteiger partial charge in [0.25, 0.3) is 0 Å². The van der Waals surface area contributed by atoms with Crippen LogP contribution in [0.3, 0.4) is 0 Å². The minimum absolute atomic E-state index is 0.105. The monoisotopic (exact) mass is 611 g/mol. The first-order valence-corrected chi connectivity index (χ1v) is 17.0. The molecule has 1 aromatic rings. The van der Waals surface area contributed by atoms with Crippen molar-refractivity contribution in [3.63, 3.8) is 0 Å². The molecule has 1 amide bonds. The van der Waals surface area contributed by atoms with Gasteiger partial charge in [-0.2, -0.15) is 0 Å². The van der Waals surface area contributed by atoms with Crippen molar-refractivity contribution in [2.75, 3.05) is 26.2 Å². The molecule has 0 N–H and O–H groups in total. The van der Waals surface area contributed by atoms with E-state index in [4.69, 9.17) is 9.73 Å². The fraction of sp³-hybridized carbons (Fsp3) is 0.632. The van der Waals surface area contributed by atoms with E-state index in [0.29, 0.717) is 38.5 Å². The zero-order valence-corrected chi connectivity index (χ0v) is 29.9. The molecular formula is C38H62FN3O2. The van der Waals surface area contributed by atoms with Gasteiger partial charge in [-0.3, -0.25) is 4.99 Å². The van der Waals surface area contributed by atoms with Crippen molar-refractivity contribution < 1.29 is 13.9 Å². The molecule has 2 atom stereocenters. The summed E-state index contributed by atoms with van der Waals surface area (Å²) in [6.45, 7) is 29.7. The number of hydrogen-bond donors (Lipinski definition) is 0. The Hall–Kier alpha value is -2.89. The largest absolute Gasteiger partial charge is 0.444 e. The summed E-state index contributed by atoms with van der Waals surface area (Å²) < 4.78 is 19.8. The molecule has 6 heteroatoms. The van der Waals surface area contributed by atoms with Crippen LogP contribution in [0.5, 0.6) is 0 Å². The molecule has 0 bridgehead atoms. The topological polar surface area (TPSA) is 45.1 Å². The van der Waals surface area contributed by atoms with Crippen LogP contribution in [0.25, 0.3) is 5.57 Å². The van der Waals surface area contributed by atoms with E-state index in [1.807, 2.05) is 45.6 Å². The third-order valence-corrected chi connectivity index (χ3v) is 8.01. The first kappa shape index (κ1) is 39.1. The average molecular weight is 612 g/mol. The Bertz CT molecular complexity index is 1140. The Morgan fingerprint density at radius 1 is 1.18 bits per heavy atom. The van der Waals surface area contributed by atoms with Gasteiger partial charge in [0.1, 0.15) is 11.4 Å². The number of carbonyl (C=O) groups is 1. The number of rotatable bonds is 13. The van der Waals surface area contributed by atoms with E-state index < -0.39 is 5.60 Å². The summed E-state index contributed by atoms with van der Waals surface area (Å²) in [6.07, 6.45) is 8.35. The van der Waals surface area contributed by atoms with Crippen LogP contribution in [-0.2, 0) is 4.74 Å². The van der Waals surface area contributed by atoms with Crippen LogP contribution in [0.2, 0.25) is 0 Å². The van der Waals surface area contributed by atoms with E-state index in [1.54, 1.807) is 12.1 Å². The van der Waals surface area contributed by atoms with Gasteiger partial charge in [-0.1, -0.05) is 71.7 Å². The number of unbranched alkanes of at least 4 members (excludes halogenated alkanes) is 2. The Kier molecular flexibility index (Phi) is 17.3. The molecule has 0 aliphatic carbocycles. The van der Waals surface area contributed by atoms with Crippen molar-refractivity contribution in [3.05, 3.63) is 65.1 Å². The van der Waals surface area contributed by atoms with Crippen molar-refractivity contribution >= 4 is 17.4 Å². The molecule has 2 rings (SSSR count). The Labute approximate surface area is 269 Å². The number of allylic oxidation sites excluding steroid dienone is 5. The SMILES string of the molecule is C=C(CC(=NCC)C(/C(=C\C)C(CC)CCCCC)=C(\C)N1CCN(C(=O)OC(C)(C)C)C[C@@H]1C)c1cccc(F)c1.CC. The molecule has 0 spiro atoms. The quantitative estimate of drug-likeness (QED) is 0.127. The summed E-state index contributed by atoms with van der Waals surface area (Å²) in [6, 6.07) is 6.77. The number of benzene rings is 1. The second-order valence-electron chi connectivity index (χ2n) is 12.5. The van der Waals surface area contributed by atoms with Crippen molar-refractivity contribution in [1.29, 1.82) is 0 Å². The highest BCUT2D eigenvalue weighted by Crippen LogP contribution is 2.35. The maximum atomic E-state index is 14.1. The van der Waals surface area contributed by atoms with Crippen LogP contribution in [0, 0.1) is 11.7 Å². The minimum Gasteiger partial charge on any atom is -0.444 e. The second-order valence-corrected chi connectivity index (χ2v) is 12.5. The first-order chi connectivity index (χ1) is 20.9. The number of carbonyl (C=O) groups excluding carboxylic acids is 1. The second kappa shape index (κ2) is 19.5. The highest BCUT2D eigenvalue weighted by molar-refractivity contribution is 6.09. The predicted octanol–water partition coefficient (Wildman–Crippen LogP) is 10.5. The van der Waals surface area contributed by atoms with Crippen LogP contribution in [0.15, 0.2) is 58.8 Å². The van der Waals surface area contributed by atoms with E-state index >= 15 is 0 Å². The summed E-state index contributed by atoms with van der Waals surface area (Å²) in [5.41, 5.74) is 5.80. The van der Waals surface area contributed by atoms with Gasteiger partial charge < -0.3 is 14.5 Å². The standard InChI is InChI=1S/C36H56FN3O2.C2H6/c1-11-15-16-18-29(12-2)32(13-3)34(33(38-14-4)23-26(5)30-19-17-20-31(37)24-30)28(7)40-22-21-39(25-27(40)6)35(41)42-36(8,9)10;1-2/h13,17,19-20,24,27,29H,5,11-12,14-16,18,21-23,25H2,1-4,6-10H3;1-2H3/b32-13-,34-28+,38-33?;/t27-,29?;/m0./s1. The Morgan fingerprint density at radius 3 is 2.39 bits per heavy atom. The molecule has 1 aliphatic rings. The molecule has 1 aromatic carbocycles. The lowest BCUT2D eigenvalue weighted by Crippen LogP contribution is -2.54. The molecule has 1 saturated heterocycles. The van der Waals surface area contributed by atoms with Crippen LogP contribution in [0.4, 0.5) is 9.18 Å². The van der Waals surface area contributed by atoms with Gasteiger partial charge >= 0.3 is 6.09 Å². The summed E-state index contributed by atoms with van der Waals surface area (Å²) in [4.78, 5) is 22.2. The minimum atomic E-state index is -0.524. The number of halogens is 1. The van der Waals surface area contributed by atoms with E-state index in [-0.39, 0.29) is 18.0 Å². The van der Waals surface area contributed by atoms with Gasteiger partial charge in [0.05, 0.1) is 0 Å². The molecule has 1 unspecified atom stereocenters. The van der Waals surface area contributed by atoms with Crippen LogP contribution >= 0.6 is 0 Å². The van der Waals surface area contributed by atoms with Gasteiger partial charge in [-0.25, -0.2) is 9.18 Å². The van der Waals surface area contributed by atoms with Gasteiger partial charge in [0.15, 0.2) is 0 Å². The molecule has 1 aliphatic heterocycles. The molecule has 44 heavy (non-hydrogen) atoms. The molecule has 0 aromatic heterocycles. The molecule has 0 radical (unpaired) electrons. The van der Waals surface area contributed by atoms with E-state index in [2.05, 4.69) is 59.1 Å². The van der Waals surface area contributed by atoms with E-state index in [0.717, 1.165) is 29.7 Å². The van der Waals surface area contributed by atoms with Gasteiger partial charge in [-0.05, 0) is 96.1 Å². The maximum Gasteiger partial charge on any atom is 0.410 e. The third kappa shape index (κ3) is 11.9. The third-order valence-electron chi connectivity index (χ3n) is 8.01. The van der Waals surface area contributed by atoms with Crippen molar-refractivity contribution in [1.82, 2.24) is 9.80 Å². The Balaban J connectivity index is 0.00000474. The zero-order chi connectivity index (χ0) is 33.4. The van der Waals surface area contributed by atoms with Crippen molar-refractivity contribution in [2.45, 2.75) is 126 Å². The predicted molar refractivity (Wildman–Crippen MR) is 188 cm³/mol. The normalized spacial score (nSPS) is 17.4. The lowest BCUT2D eigenvalue weighted by Gasteiger charge is -2.43. The maximum absolute atomic E-state index is 14.1. The van der Waals surface area contributed by atoms with E-state index in [1.165, 1.54) is 42.2 Å². The van der Waals surface area contributed by atoms with Gasteiger partial charge in [0.2, 0.25) is 0 Å². The molecule has 1 heterocycles. The number of aliphatic imine (C=N–C) groups is 1. The molecule has 248 valence electrons. The molecule has 0 saturated carbocycles. The fourth-order valence-corrected chi connectivity index (χ4v) is 5.91. The van der Waals surface area contributed by atoms with Gasteiger partial charge in [-0.15, -0.1) is 0 Å². The molecule has 5 nitrogen and oxygen atoms in total. The van der Waals surface area contributed by atoms with Crippen LogP contribution < -0.4 is 0 Å². The molecule has 1 fully saturated rings. The summed E-state index contributed by atoms with van der Waals surface area (Å²) >= 11 is 0. The number of hydrogen-bond acceptors (Lipinski definition) is 4. The Morgan fingerprint density at radius 2 is 1.86 bits per heavy atom. The number of amides is 1. The highest BCUT2D eigenvalue weighted by Gasteiger charge is 2.32. The average Bonchev–Trinajstić information content (AvgIpc) is 2.98. The van der Waals surface area contributed by atoms with Crippen molar-refractivity contribution in [3.8, 4) is 0 Å². The number of nitrogens with zero attached hydrogens (tertiary/aromatic N) is 3. The number of ether oxygens (including phenoxy) is 1. The van der Waals surface area contributed by atoms with Crippen LogP contribution in [-0.4, -0.2) is 59.4 Å². The van der Waals surface area contributed by atoms with E-state index in [9.17, 15) is 9.18 Å². The zero-order valence-electron chi connectivity index (χ0n) is 29.9. The summed E-state index contributed by atoms with van der Waals surface area (Å²) in [7, 11) is 0. The fourth-order valence-electron chi connectivity index (χ4n) is 5.91. The molecular weight excluding hydrogens is 549 g/mol. The smallest absolute Gasteiger partial charge is 0.410 e. The lowest BCUT2D eigenvalue weighted by molar-refractivity contribution is 0.0101. The summed E-state index contributed by atoms with van der Waals surface area (Å²) in [5.74, 6) is 0.150. The van der Waals surface area contributed by atoms with Gasteiger partial charge in [0, 0.05) is 55.6 Å².